The van der Waals surface area contributed by atoms with E-state index >= 15 is 0 Å². The van der Waals surface area contributed by atoms with E-state index in [1.54, 1.807) is 5.38 Å². The van der Waals surface area contributed by atoms with Gasteiger partial charge in [0.2, 0.25) is 0 Å². The first-order valence-electron chi connectivity index (χ1n) is 5.18. The fourth-order valence-electron chi connectivity index (χ4n) is 1.46. The molecule has 86 valence electrons. The number of hydrogen-bond acceptors (Lipinski definition) is 3. The number of thiazole rings is 1. The van der Waals surface area contributed by atoms with Crippen LogP contribution in [0.4, 0.5) is 0 Å². The molecule has 4 heteroatoms. The highest BCUT2D eigenvalue weighted by atomic mass is 32.1. The molecule has 3 nitrogen and oxygen atoms in total. The van der Waals surface area contributed by atoms with E-state index in [-0.39, 0.29) is 4.87 Å². The van der Waals surface area contributed by atoms with Crippen LogP contribution in [0.25, 0.3) is 17.3 Å². The molecule has 2 aromatic rings. The van der Waals surface area contributed by atoms with Gasteiger partial charge in [-0.1, -0.05) is 47.8 Å². The number of rotatable bonds is 4. The van der Waals surface area contributed by atoms with E-state index in [4.69, 9.17) is 0 Å². The maximum Gasteiger partial charge on any atom is 0.304 e. The van der Waals surface area contributed by atoms with Gasteiger partial charge in [0.1, 0.15) is 6.29 Å². The normalized spacial score (nSPS) is 10.8. The molecule has 0 unspecified atom stereocenters. The van der Waals surface area contributed by atoms with E-state index in [0.29, 0.717) is 6.42 Å². The number of nitrogens with one attached hydrogen (secondary N) is 1. The Morgan fingerprint density at radius 3 is 2.59 bits per heavy atom. The summed E-state index contributed by atoms with van der Waals surface area (Å²) in [5, 5.41) is 1.81. The lowest BCUT2D eigenvalue weighted by Gasteiger charge is -1.98. The molecule has 1 aromatic heterocycles. The van der Waals surface area contributed by atoms with Crippen molar-refractivity contribution in [3.05, 3.63) is 51.0 Å². The standard InChI is InChI=1S/C13H11NO2S/c15-8-2-1-3-10-4-6-11(7-5-10)12-9-17-13(16)14-12/h1,3-9H,2H2,(H,14,16). The highest BCUT2D eigenvalue weighted by Crippen LogP contribution is 2.18. The Labute approximate surface area is 102 Å². The van der Waals surface area contributed by atoms with Crippen LogP contribution in [-0.4, -0.2) is 11.3 Å². The minimum atomic E-state index is -0.0463. The molecule has 1 N–H and O–H groups in total. The number of H-pyrrole nitrogens is 1. The molecule has 0 spiro atoms. The zero-order valence-electron chi connectivity index (χ0n) is 9.05. The molecule has 0 radical (unpaired) electrons. The Morgan fingerprint density at radius 2 is 2.00 bits per heavy atom. The van der Waals surface area contributed by atoms with Crippen LogP contribution in [0.3, 0.4) is 0 Å². The predicted octanol–water partition coefficient (Wildman–Crippen LogP) is 2.71. The van der Waals surface area contributed by atoms with Crippen molar-refractivity contribution >= 4 is 23.7 Å². The second-order valence-electron chi connectivity index (χ2n) is 3.49. The molecule has 0 aliphatic rings. The van der Waals surface area contributed by atoms with E-state index in [1.807, 2.05) is 36.4 Å². The van der Waals surface area contributed by atoms with Gasteiger partial charge >= 0.3 is 4.87 Å². The number of aromatic nitrogens is 1. The zero-order chi connectivity index (χ0) is 12.1. The summed E-state index contributed by atoms with van der Waals surface area (Å²) in [5.74, 6) is 0. The molecule has 0 atom stereocenters. The smallest absolute Gasteiger partial charge is 0.304 e. The molecule has 0 saturated heterocycles. The fraction of sp³-hybridized carbons (Fsp3) is 0.0769. The number of aromatic amines is 1. The summed E-state index contributed by atoms with van der Waals surface area (Å²) < 4.78 is 0. The molecule has 1 heterocycles. The number of hydrogen-bond donors (Lipinski definition) is 1. The topological polar surface area (TPSA) is 49.9 Å². The van der Waals surface area contributed by atoms with Gasteiger partial charge in [-0.3, -0.25) is 4.79 Å². The van der Waals surface area contributed by atoms with Crippen LogP contribution < -0.4 is 4.87 Å². The monoisotopic (exact) mass is 245 g/mol. The van der Waals surface area contributed by atoms with Crippen LogP contribution in [0.1, 0.15) is 12.0 Å². The van der Waals surface area contributed by atoms with E-state index in [2.05, 4.69) is 4.98 Å². The molecule has 0 bridgehead atoms. The van der Waals surface area contributed by atoms with Crippen molar-refractivity contribution in [2.24, 2.45) is 0 Å². The average Bonchev–Trinajstić information content (AvgIpc) is 2.77. The lowest BCUT2D eigenvalue weighted by molar-refractivity contribution is -0.107. The average molecular weight is 245 g/mol. The molecule has 17 heavy (non-hydrogen) atoms. The van der Waals surface area contributed by atoms with Gasteiger partial charge < -0.3 is 9.78 Å². The molecular weight excluding hydrogens is 234 g/mol. The third kappa shape index (κ3) is 3.01. The summed E-state index contributed by atoms with van der Waals surface area (Å²) in [6, 6.07) is 7.79. The van der Waals surface area contributed by atoms with Crippen LogP contribution >= 0.6 is 11.3 Å². The van der Waals surface area contributed by atoms with Gasteiger partial charge in [0, 0.05) is 11.8 Å². The van der Waals surface area contributed by atoms with Crippen LogP contribution in [0.15, 0.2) is 40.5 Å². The van der Waals surface area contributed by atoms with Crippen molar-refractivity contribution in [1.29, 1.82) is 0 Å². The van der Waals surface area contributed by atoms with E-state index in [9.17, 15) is 9.59 Å². The Morgan fingerprint density at radius 1 is 1.24 bits per heavy atom. The van der Waals surface area contributed by atoms with Crippen molar-refractivity contribution in [2.75, 3.05) is 0 Å². The predicted molar refractivity (Wildman–Crippen MR) is 70.1 cm³/mol. The summed E-state index contributed by atoms with van der Waals surface area (Å²) in [6.07, 6.45) is 5.00. The van der Waals surface area contributed by atoms with Gasteiger partial charge in [-0.05, 0) is 11.1 Å². The summed E-state index contributed by atoms with van der Waals surface area (Å²) in [7, 11) is 0. The van der Waals surface area contributed by atoms with Crippen molar-refractivity contribution in [1.82, 2.24) is 4.98 Å². The molecule has 0 aliphatic heterocycles. The lowest BCUT2D eigenvalue weighted by Crippen LogP contribution is -1.92. The summed E-state index contributed by atoms with van der Waals surface area (Å²) >= 11 is 1.16. The van der Waals surface area contributed by atoms with Gasteiger partial charge in [0.05, 0.1) is 5.69 Å². The maximum atomic E-state index is 11.0. The first kappa shape index (κ1) is 11.5. The summed E-state index contributed by atoms with van der Waals surface area (Å²) in [4.78, 5) is 23.9. The number of carbonyl (C=O) groups is 1. The van der Waals surface area contributed by atoms with Crippen molar-refractivity contribution in [3.63, 3.8) is 0 Å². The summed E-state index contributed by atoms with van der Waals surface area (Å²) in [6.45, 7) is 0. The first-order valence-corrected chi connectivity index (χ1v) is 6.06. The van der Waals surface area contributed by atoms with Crippen LogP contribution in [0, 0.1) is 0 Å². The van der Waals surface area contributed by atoms with Crippen LogP contribution in [0.2, 0.25) is 0 Å². The third-order valence-electron chi connectivity index (χ3n) is 2.28. The molecule has 1 aromatic carbocycles. The van der Waals surface area contributed by atoms with Gasteiger partial charge in [-0.15, -0.1) is 0 Å². The fourth-order valence-corrected chi connectivity index (χ4v) is 2.04. The third-order valence-corrected chi connectivity index (χ3v) is 2.95. The summed E-state index contributed by atoms with van der Waals surface area (Å²) in [5.41, 5.74) is 2.85. The zero-order valence-corrected chi connectivity index (χ0v) is 9.87. The van der Waals surface area contributed by atoms with Gasteiger partial charge in [0.15, 0.2) is 0 Å². The molecule has 0 fully saturated rings. The first-order chi connectivity index (χ1) is 8.29. The molecular formula is C13H11NO2S. The van der Waals surface area contributed by atoms with Gasteiger partial charge in [-0.25, -0.2) is 0 Å². The van der Waals surface area contributed by atoms with Crippen molar-refractivity contribution in [2.45, 2.75) is 6.42 Å². The number of allylic oxidation sites excluding steroid dienone is 1. The number of carbonyl (C=O) groups excluding carboxylic acids is 1. The SMILES string of the molecule is O=CCC=Cc1ccc(-c2csc(=O)[nH]2)cc1. The Hall–Kier alpha value is -1.94. The van der Waals surface area contributed by atoms with Gasteiger partial charge in [-0.2, -0.15) is 0 Å². The maximum absolute atomic E-state index is 11.0. The highest BCUT2D eigenvalue weighted by molar-refractivity contribution is 7.07. The molecule has 0 saturated carbocycles. The molecule has 0 amide bonds. The Balaban J connectivity index is 2.18. The van der Waals surface area contributed by atoms with E-state index < -0.39 is 0 Å². The van der Waals surface area contributed by atoms with Gasteiger partial charge in [0.25, 0.3) is 0 Å². The van der Waals surface area contributed by atoms with Crippen molar-refractivity contribution < 1.29 is 4.79 Å². The Bertz CT molecular complexity index is 578. The van der Waals surface area contributed by atoms with Crippen LogP contribution in [-0.2, 0) is 4.79 Å². The highest BCUT2D eigenvalue weighted by Gasteiger charge is 1.99. The second kappa shape index (κ2) is 5.41. The molecule has 0 aliphatic carbocycles. The van der Waals surface area contributed by atoms with E-state index in [0.717, 1.165) is 34.4 Å². The molecule has 2 rings (SSSR count). The van der Waals surface area contributed by atoms with E-state index in [1.165, 1.54) is 0 Å². The number of aldehydes is 1. The quantitative estimate of drug-likeness (QED) is 0.842. The Kier molecular flexibility index (Phi) is 3.67. The minimum Gasteiger partial charge on any atom is -0.312 e. The minimum absolute atomic E-state index is 0.0463. The largest absolute Gasteiger partial charge is 0.312 e. The second-order valence-corrected chi connectivity index (χ2v) is 4.33. The number of benzene rings is 1. The lowest BCUT2D eigenvalue weighted by atomic mass is 10.1. The van der Waals surface area contributed by atoms with Crippen molar-refractivity contribution in [3.8, 4) is 11.3 Å². The van der Waals surface area contributed by atoms with Crippen LogP contribution in [0.5, 0.6) is 0 Å².